The summed E-state index contributed by atoms with van der Waals surface area (Å²) in [5.41, 5.74) is 1.80. The molecule has 0 saturated heterocycles. The van der Waals surface area contributed by atoms with Crippen molar-refractivity contribution in [3.05, 3.63) is 65.7 Å². The van der Waals surface area contributed by atoms with Crippen LogP contribution in [0.5, 0.6) is 5.75 Å². The molecule has 0 radical (unpaired) electrons. The largest absolute Gasteiger partial charge is 0.508 e. The van der Waals surface area contributed by atoms with E-state index in [2.05, 4.69) is 0 Å². The number of phenols is 1. The molecule has 2 nitrogen and oxygen atoms in total. The highest BCUT2D eigenvalue weighted by Crippen LogP contribution is 2.22. The number of hydrogen-bond donors (Lipinski definition) is 2. The number of phenolic OH excluding ortho intramolecular Hbond substituents is 1. The molecule has 0 aliphatic carbocycles. The van der Waals surface area contributed by atoms with E-state index in [1.165, 1.54) is 0 Å². The molecule has 0 aliphatic heterocycles. The van der Waals surface area contributed by atoms with Gasteiger partial charge >= 0.3 is 0 Å². The minimum Gasteiger partial charge on any atom is -0.508 e. The van der Waals surface area contributed by atoms with Gasteiger partial charge in [0.15, 0.2) is 0 Å². The van der Waals surface area contributed by atoms with Crippen molar-refractivity contribution in [2.75, 3.05) is 0 Å². The van der Waals surface area contributed by atoms with Crippen molar-refractivity contribution in [3.63, 3.8) is 0 Å². The molecular formula is C15H16O2. The summed E-state index contributed by atoms with van der Waals surface area (Å²) in [6.07, 6.45) is 0.806. The molecule has 0 bridgehead atoms. The van der Waals surface area contributed by atoms with Crippen LogP contribution in [0.25, 0.3) is 0 Å². The second-order valence-corrected chi connectivity index (χ2v) is 4.09. The molecule has 2 aromatic carbocycles. The van der Waals surface area contributed by atoms with Crippen LogP contribution in [0.2, 0.25) is 0 Å². The predicted octanol–water partition coefficient (Wildman–Crippen LogP) is 3.06. The molecule has 0 aliphatic rings. The minimum absolute atomic E-state index is 0.299. The zero-order valence-corrected chi connectivity index (χ0v) is 9.58. The number of aliphatic hydroxyl groups excluding tert-OH is 1. The number of aryl methyl sites for hydroxylation is 1. The van der Waals surface area contributed by atoms with E-state index in [1.807, 2.05) is 42.5 Å². The topological polar surface area (TPSA) is 40.5 Å². The molecule has 88 valence electrons. The number of aliphatic hydroxyl groups is 1. The van der Waals surface area contributed by atoms with Gasteiger partial charge in [-0.3, -0.25) is 0 Å². The van der Waals surface area contributed by atoms with Crippen LogP contribution in [-0.2, 0) is 6.42 Å². The highest BCUT2D eigenvalue weighted by Gasteiger charge is 2.08. The quantitative estimate of drug-likeness (QED) is 0.844. The van der Waals surface area contributed by atoms with Crippen molar-refractivity contribution in [3.8, 4) is 5.75 Å². The molecule has 2 rings (SSSR count). The minimum atomic E-state index is -0.476. The molecule has 0 saturated carbocycles. The first-order valence-corrected chi connectivity index (χ1v) is 5.77. The van der Waals surface area contributed by atoms with Gasteiger partial charge in [0.1, 0.15) is 5.75 Å². The van der Waals surface area contributed by atoms with Crippen molar-refractivity contribution in [2.45, 2.75) is 18.9 Å². The van der Waals surface area contributed by atoms with E-state index in [-0.39, 0.29) is 0 Å². The van der Waals surface area contributed by atoms with Gasteiger partial charge in [0.05, 0.1) is 6.10 Å². The smallest absolute Gasteiger partial charge is 0.118 e. The molecule has 2 heteroatoms. The van der Waals surface area contributed by atoms with E-state index in [4.69, 9.17) is 0 Å². The Bertz CT molecular complexity index is 465. The van der Waals surface area contributed by atoms with Crippen LogP contribution in [-0.4, -0.2) is 10.2 Å². The van der Waals surface area contributed by atoms with Gasteiger partial charge in [0, 0.05) is 0 Å². The average Bonchev–Trinajstić information content (AvgIpc) is 2.38. The van der Waals surface area contributed by atoms with Crippen molar-refractivity contribution >= 4 is 0 Å². The van der Waals surface area contributed by atoms with E-state index in [0.717, 1.165) is 11.1 Å². The number of rotatable bonds is 4. The average molecular weight is 228 g/mol. The summed E-state index contributed by atoms with van der Waals surface area (Å²) in [4.78, 5) is 0. The van der Waals surface area contributed by atoms with Crippen LogP contribution in [0, 0.1) is 0 Å². The Hall–Kier alpha value is -1.80. The second kappa shape index (κ2) is 5.51. The summed E-state index contributed by atoms with van der Waals surface area (Å²) < 4.78 is 0. The summed E-state index contributed by atoms with van der Waals surface area (Å²) in [6.45, 7) is 0. The first kappa shape index (κ1) is 11.7. The van der Waals surface area contributed by atoms with Crippen LogP contribution in [0.4, 0.5) is 0 Å². The summed E-state index contributed by atoms with van der Waals surface area (Å²) >= 11 is 0. The standard InChI is InChI=1S/C15H16O2/c16-14-9-5-4-8-13(14)10-11-15(17)12-6-2-1-3-7-12/h1-9,15-17H,10-11H2/t15-/m0/s1. The Kier molecular flexibility index (Phi) is 3.78. The maximum Gasteiger partial charge on any atom is 0.118 e. The van der Waals surface area contributed by atoms with Crippen LogP contribution < -0.4 is 0 Å². The summed E-state index contributed by atoms with van der Waals surface area (Å²) in [5, 5.41) is 19.6. The zero-order chi connectivity index (χ0) is 12.1. The maximum atomic E-state index is 9.99. The Morgan fingerprint density at radius 1 is 0.882 bits per heavy atom. The highest BCUT2D eigenvalue weighted by atomic mass is 16.3. The summed E-state index contributed by atoms with van der Waals surface area (Å²) in [7, 11) is 0. The molecule has 0 heterocycles. The molecule has 0 spiro atoms. The fraction of sp³-hybridized carbons (Fsp3) is 0.200. The Labute approximate surface area is 101 Å². The number of aromatic hydroxyl groups is 1. The molecule has 2 aromatic rings. The van der Waals surface area contributed by atoms with Crippen molar-refractivity contribution in [1.82, 2.24) is 0 Å². The third-order valence-corrected chi connectivity index (χ3v) is 2.86. The van der Waals surface area contributed by atoms with Gasteiger partial charge in [-0.2, -0.15) is 0 Å². The Balaban J connectivity index is 1.97. The first-order valence-electron chi connectivity index (χ1n) is 5.77. The van der Waals surface area contributed by atoms with E-state index in [9.17, 15) is 10.2 Å². The molecular weight excluding hydrogens is 212 g/mol. The summed E-state index contributed by atoms with van der Waals surface area (Å²) in [5.74, 6) is 0.299. The molecule has 0 unspecified atom stereocenters. The van der Waals surface area contributed by atoms with Crippen LogP contribution in [0.15, 0.2) is 54.6 Å². The number of benzene rings is 2. The third kappa shape index (κ3) is 3.08. The first-order chi connectivity index (χ1) is 8.27. The van der Waals surface area contributed by atoms with Gasteiger partial charge in [-0.25, -0.2) is 0 Å². The van der Waals surface area contributed by atoms with Gasteiger partial charge in [-0.15, -0.1) is 0 Å². The fourth-order valence-electron chi connectivity index (χ4n) is 1.86. The lowest BCUT2D eigenvalue weighted by molar-refractivity contribution is 0.167. The normalized spacial score (nSPS) is 12.3. The van der Waals surface area contributed by atoms with Crippen LogP contribution >= 0.6 is 0 Å². The lowest BCUT2D eigenvalue weighted by Crippen LogP contribution is -1.99. The van der Waals surface area contributed by atoms with Crippen molar-refractivity contribution in [2.24, 2.45) is 0 Å². The Morgan fingerprint density at radius 3 is 2.24 bits per heavy atom. The lowest BCUT2D eigenvalue weighted by Gasteiger charge is -2.11. The van der Waals surface area contributed by atoms with Gasteiger partial charge in [0.2, 0.25) is 0 Å². The fourth-order valence-corrected chi connectivity index (χ4v) is 1.86. The van der Waals surface area contributed by atoms with E-state index in [0.29, 0.717) is 18.6 Å². The van der Waals surface area contributed by atoms with Crippen LogP contribution in [0.3, 0.4) is 0 Å². The van der Waals surface area contributed by atoms with E-state index < -0.39 is 6.10 Å². The number of para-hydroxylation sites is 1. The van der Waals surface area contributed by atoms with E-state index >= 15 is 0 Å². The third-order valence-electron chi connectivity index (χ3n) is 2.86. The maximum absolute atomic E-state index is 9.99. The molecule has 0 amide bonds. The van der Waals surface area contributed by atoms with Gasteiger partial charge in [0.25, 0.3) is 0 Å². The van der Waals surface area contributed by atoms with E-state index in [1.54, 1.807) is 12.1 Å². The second-order valence-electron chi connectivity index (χ2n) is 4.09. The van der Waals surface area contributed by atoms with Crippen molar-refractivity contribution in [1.29, 1.82) is 0 Å². The zero-order valence-electron chi connectivity index (χ0n) is 9.58. The van der Waals surface area contributed by atoms with Crippen LogP contribution in [0.1, 0.15) is 23.7 Å². The molecule has 2 N–H and O–H groups in total. The van der Waals surface area contributed by atoms with Crippen molar-refractivity contribution < 1.29 is 10.2 Å². The molecule has 17 heavy (non-hydrogen) atoms. The monoisotopic (exact) mass is 228 g/mol. The summed E-state index contributed by atoms with van der Waals surface area (Å²) in [6, 6.07) is 16.8. The molecule has 0 fully saturated rings. The Morgan fingerprint density at radius 2 is 1.53 bits per heavy atom. The van der Waals surface area contributed by atoms with Gasteiger partial charge in [-0.05, 0) is 30.0 Å². The van der Waals surface area contributed by atoms with Gasteiger partial charge < -0.3 is 10.2 Å². The highest BCUT2D eigenvalue weighted by molar-refractivity contribution is 5.32. The lowest BCUT2D eigenvalue weighted by atomic mass is 10.0. The SMILES string of the molecule is Oc1ccccc1CC[C@H](O)c1ccccc1. The molecule has 0 aromatic heterocycles. The van der Waals surface area contributed by atoms with Gasteiger partial charge in [-0.1, -0.05) is 48.5 Å². The number of hydrogen-bond acceptors (Lipinski definition) is 2. The predicted molar refractivity (Wildman–Crippen MR) is 67.8 cm³/mol. The molecule has 1 atom stereocenters.